The van der Waals surface area contributed by atoms with Crippen molar-refractivity contribution in [3.05, 3.63) is 34.0 Å². The van der Waals surface area contributed by atoms with Crippen LogP contribution in [0.4, 0.5) is 0 Å². The fourth-order valence-electron chi connectivity index (χ4n) is 4.59. The van der Waals surface area contributed by atoms with Crippen LogP contribution in [0.5, 0.6) is 0 Å². The molecule has 1 aliphatic carbocycles. The molecule has 2 aliphatic rings. The summed E-state index contributed by atoms with van der Waals surface area (Å²) in [5.41, 5.74) is 1.70. The van der Waals surface area contributed by atoms with E-state index in [1.807, 2.05) is 25.1 Å². The normalized spacial score (nSPS) is 20.7. The van der Waals surface area contributed by atoms with E-state index in [9.17, 15) is 4.79 Å². The number of carbonyl (C=O) groups excluding carboxylic acids is 1. The fraction of sp³-hybridized carbons (Fsp3) is 0.571. The van der Waals surface area contributed by atoms with Gasteiger partial charge >= 0.3 is 0 Å². The third-order valence-corrected chi connectivity index (χ3v) is 6.64. The van der Waals surface area contributed by atoms with Gasteiger partial charge in [0.2, 0.25) is 0 Å². The van der Waals surface area contributed by atoms with Crippen molar-refractivity contribution in [3.8, 4) is 0 Å². The maximum absolute atomic E-state index is 12.9. The van der Waals surface area contributed by atoms with Crippen LogP contribution in [0, 0.1) is 6.92 Å². The molecule has 0 atom stereocenters. The van der Waals surface area contributed by atoms with Gasteiger partial charge in [-0.25, -0.2) is 0 Å². The maximum atomic E-state index is 12.9. The summed E-state index contributed by atoms with van der Waals surface area (Å²) < 4.78 is 12.4. The van der Waals surface area contributed by atoms with Crippen LogP contribution >= 0.6 is 15.9 Å². The van der Waals surface area contributed by atoms with Crippen molar-refractivity contribution in [2.24, 2.45) is 0 Å². The van der Waals surface area contributed by atoms with Crippen molar-refractivity contribution in [1.29, 1.82) is 0 Å². The zero-order valence-electron chi connectivity index (χ0n) is 15.9. The van der Waals surface area contributed by atoms with Gasteiger partial charge in [0, 0.05) is 40.6 Å². The molecule has 1 aliphatic heterocycles. The lowest BCUT2D eigenvalue weighted by atomic mass is 9.79. The average molecular weight is 435 g/mol. The largest absolute Gasteiger partial charge is 0.451 e. The molecule has 1 aromatic carbocycles. The third kappa shape index (κ3) is 3.80. The summed E-state index contributed by atoms with van der Waals surface area (Å²) in [6.07, 6.45) is 6.02. The number of furan rings is 1. The summed E-state index contributed by atoms with van der Waals surface area (Å²) in [6.45, 7) is 6.10. The van der Waals surface area contributed by atoms with Crippen LogP contribution in [0.25, 0.3) is 11.0 Å². The number of halogens is 1. The minimum Gasteiger partial charge on any atom is -0.451 e. The number of nitrogens with one attached hydrogen (secondary N) is 1. The van der Waals surface area contributed by atoms with Gasteiger partial charge in [-0.1, -0.05) is 35.2 Å². The number of aryl methyl sites for hydroxylation is 1. The van der Waals surface area contributed by atoms with E-state index < -0.39 is 0 Å². The Morgan fingerprint density at radius 1 is 1.22 bits per heavy atom. The standard InChI is InChI=1S/C21H27BrN2O3/c1-15-17-6-5-16(22)13-18(17)27-19(15)20(25)23-14-21(7-3-2-4-8-21)24-9-11-26-12-10-24/h5-6,13H,2-4,7-12,14H2,1H3,(H,23,25). The lowest BCUT2D eigenvalue weighted by Crippen LogP contribution is -2.59. The number of nitrogens with zero attached hydrogens (tertiary/aromatic N) is 1. The number of morpholine rings is 1. The van der Waals surface area contributed by atoms with E-state index in [0.29, 0.717) is 12.3 Å². The quantitative estimate of drug-likeness (QED) is 0.780. The molecule has 0 unspecified atom stereocenters. The molecule has 2 aromatic rings. The number of hydrogen-bond donors (Lipinski definition) is 1. The lowest BCUT2D eigenvalue weighted by Gasteiger charge is -2.48. The Morgan fingerprint density at radius 2 is 1.96 bits per heavy atom. The number of ether oxygens (including phenoxy) is 1. The van der Waals surface area contributed by atoms with Gasteiger partial charge in [0.1, 0.15) is 5.58 Å². The highest BCUT2D eigenvalue weighted by molar-refractivity contribution is 9.10. The Labute approximate surface area is 168 Å². The van der Waals surface area contributed by atoms with Crippen LogP contribution in [0.3, 0.4) is 0 Å². The third-order valence-electron chi connectivity index (χ3n) is 6.15. The highest BCUT2D eigenvalue weighted by Gasteiger charge is 2.39. The second kappa shape index (κ2) is 7.94. The van der Waals surface area contributed by atoms with Crippen molar-refractivity contribution < 1.29 is 13.9 Å². The molecule has 6 heteroatoms. The van der Waals surface area contributed by atoms with Crippen molar-refractivity contribution in [2.45, 2.75) is 44.6 Å². The Bertz CT molecular complexity index is 820. The molecular formula is C21H27BrN2O3. The Kier molecular flexibility index (Phi) is 5.58. The maximum Gasteiger partial charge on any atom is 0.287 e. The van der Waals surface area contributed by atoms with Crippen LogP contribution in [0.15, 0.2) is 27.1 Å². The second-order valence-electron chi connectivity index (χ2n) is 7.76. The molecular weight excluding hydrogens is 408 g/mol. The SMILES string of the molecule is Cc1c(C(=O)NCC2(N3CCOCC3)CCCCC2)oc2cc(Br)ccc12. The number of fused-ring (bicyclic) bond motifs is 1. The van der Waals surface area contributed by atoms with E-state index in [0.717, 1.165) is 60.2 Å². The first kappa shape index (κ1) is 19.0. The molecule has 1 aromatic heterocycles. The molecule has 2 heterocycles. The summed E-state index contributed by atoms with van der Waals surface area (Å²) >= 11 is 3.46. The zero-order chi connectivity index (χ0) is 18.9. The molecule has 0 radical (unpaired) electrons. The Hall–Kier alpha value is -1.37. The summed E-state index contributed by atoms with van der Waals surface area (Å²) in [5, 5.41) is 4.19. The van der Waals surface area contributed by atoms with E-state index in [1.165, 1.54) is 19.3 Å². The smallest absolute Gasteiger partial charge is 0.287 e. The van der Waals surface area contributed by atoms with Crippen LogP contribution in [-0.2, 0) is 4.74 Å². The van der Waals surface area contributed by atoms with Crippen molar-refractivity contribution in [1.82, 2.24) is 10.2 Å². The van der Waals surface area contributed by atoms with E-state index in [1.54, 1.807) is 0 Å². The van der Waals surface area contributed by atoms with Gasteiger partial charge in [-0.2, -0.15) is 0 Å². The Morgan fingerprint density at radius 3 is 2.70 bits per heavy atom. The van der Waals surface area contributed by atoms with Crippen molar-refractivity contribution in [2.75, 3.05) is 32.8 Å². The fourth-order valence-corrected chi connectivity index (χ4v) is 4.93. The van der Waals surface area contributed by atoms with E-state index in [4.69, 9.17) is 9.15 Å². The van der Waals surface area contributed by atoms with Crippen LogP contribution < -0.4 is 5.32 Å². The molecule has 1 saturated carbocycles. The summed E-state index contributed by atoms with van der Waals surface area (Å²) in [4.78, 5) is 15.5. The predicted molar refractivity (Wildman–Crippen MR) is 109 cm³/mol. The minimum absolute atomic E-state index is 0.0562. The molecule has 1 amide bonds. The van der Waals surface area contributed by atoms with Gasteiger partial charge in [0.25, 0.3) is 5.91 Å². The van der Waals surface area contributed by atoms with Crippen molar-refractivity contribution in [3.63, 3.8) is 0 Å². The number of rotatable bonds is 4. The summed E-state index contributed by atoms with van der Waals surface area (Å²) in [5.74, 6) is 0.314. The van der Waals surface area contributed by atoms with Crippen LogP contribution in [-0.4, -0.2) is 49.2 Å². The first-order chi connectivity index (χ1) is 13.1. The second-order valence-corrected chi connectivity index (χ2v) is 8.68. The Balaban J connectivity index is 1.52. The highest BCUT2D eigenvalue weighted by atomic mass is 79.9. The van der Waals surface area contributed by atoms with Gasteiger partial charge in [-0.05, 0) is 38.0 Å². The van der Waals surface area contributed by atoms with E-state index in [-0.39, 0.29) is 11.4 Å². The molecule has 0 spiro atoms. The molecule has 4 rings (SSSR count). The van der Waals surface area contributed by atoms with Gasteiger partial charge in [0.15, 0.2) is 5.76 Å². The lowest BCUT2D eigenvalue weighted by molar-refractivity contribution is -0.0362. The number of hydrogen-bond acceptors (Lipinski definition) is 4. The van der Waals surface area contributed by atoms with E-state index in [2.05, 4.69) is 26.1 Å². The molecule has 1 N–H and O–H groups in total. The monoisotopic (exact) mass is 434 g/mol. The van der Waals surface area contributed by atoms with Crippen LogP contribution in [0.2, 0.25) is 0 Å². The molecule has 2 fully saturated rings. The molecule has 5 nitrogen and oxygen atoms in total. The van der Waals surface area contributed by atoms with Crippen LogP contribution in [0.1, 0.15) is 48.2 Å². The van der Waals surface area contributed by atoms with Gasteiger partial charge in [-0.15, -0.1) is 0 Å². The average Bonchev–Trinajstić information content (AvgIpc) is 3.03. The number of carbonyl (C=O) groups is 1. The number of benzene rings is 1. The van der Waals surface area contributed by atoms with E-state index >= 15 is 0 Å². The van der Waals surface area contributed by atoms with Gasteiger partial charge in [0.05, 0.1) is 13.2 Å². The molecule has 0 bridgehead atoms. The molecule has 146 valence electrons. The first-order valence-electron chi connectivity index (χ1n) is 9.89. The topological polar surface area (TPSA) is 54.7 Å². The first-order valence-corrected chi connectivity index (χ1v) is 10.7. The van der Waals surface area contributed by atoms with Gasteiger partial charge in [-0.3, -0.25) is 9.69 Å². The molecule has 1 saturated heterocycles. The summed E-state index contributed by atoms with van der Waals surface area (Å²) in [6, 6.07) is 5.88. The van der Waals surface area contributed by atoms with Gasteiger partial charge < -0.3 is 14.5 Å². The number of amides is 1. The highest BCUT2D eigenvalue weighted by Crippen LogP contribution is 2.34. The summed E-state index contributed by atoms with van der Waals surface area (Å²) in [7, 11) is 0. The molecule has 27 heavy (non-hydrogen) atoms. The zero-order valence-corrected chi connectivity index (χ0v) is 17.4. The van der Waals surface area contributed by atoms with Crippen molar-refractivity contribution >= 4 is 32.8 Å². The minimum atomic E-state index is -0.113. The predicted octanol–water partition coefficient (Wildman–Crippen LogP) is 4.27.